The molecule has 0 radical (unpaired) electrons. The lowest BCUT2D eigenvalue weighted by atomic mass is 9.83. The summed E-state index contributed by atoms with van der Waals surface area (Å²) in [4.78, 5) is 0. The molecule has 0 atom stereocenters. The zero-order valence-corrected chi connectivity index (χ0v) is 23.1. The third-order valence-corrected chi connectivity index (χ3v) is 8.38. The van der Waals surface area contributed by atoms with Crippen LogP contribution in [0.2, 0.25) is 0 Å². The summed E-state index contributed by atoms with van der Waals surface area (Å²) in [5.41, 5.74) is 0.188. The molecule has 1 heteroatoms. The highest BCUT2D eigenvalue weighted by Crippen LogP contribution is 2.48. The summed E-state index contributed by atoms with van der Waals surface area (Å²) in [6.45, 7) is 0. The highest BCUT2D eigenvalue weighted by molar-refractivity contribution is 6.28. The second kappa shape index (κ2) is 9.29. The van der Waals surface area contributed by atoms with Gasteiger partial charge in [0.1, 0.15) is 11.2 Å². The van der Waals surface area contributed by atoms with Crippen molar-refractivity contribution in [1.29, 1.82) is 0 Å². The minimum Gasteiger partial charge on any atom is -0.456 e. The zero-order chi connectivity index (χ0) is 44.3. The van der Waals surface area contributed by atoms with Gasteiger partial charge in [-0.3, -0.25) is 0 Å². The summed E-state index contributed by atoms with van der Waals surface area (Å²) >= 11 is 0. The van der Waals surface area contributed by atoms with Crippen molar-refractivity contribution in [3.8, 4) is 22.3 Å². The maximum absolute atomic E-state index is 9.51. The van der Waals surface area contributed by atoms with E-state index in [0.717, 1.165) is 10.8 Å². The molecule has 0 spiro atoms. The molecule has 1 aromatic heterocycles. The minimum absolute atomic E-state index is 0.0231. The maximum Gasteiger partial charge on any atom is 0.136 e. The van der Waals surface area contributed by atoms with Gasteiger partial charge in [0.15, 0.2) is 0 Å². The Morgan fingerprint density at radius 2 is 1.00 bits per heavy atom. The molecular formula is C44H26O. The SMILES string of the molecule is [2H]c1c([2H])c([2H])c2c(-c3cccc4oc5cc6ccccc6cc5c34)c3c([2H])c([2H])c([2H])c([2H])c3c(-c3c([2H])c([2H])c([2H])c4c3c([2H])c([2H])c3c([2H])c([2H])c([2H])c([2H])c34)c2c1[2H]. The Hall–Kier alpha value is -5.92. The van der Waals surface area contributed by atoms with Gasteiger partial charge in [-0.25, -0.2) is 0 Å². The Balaban J connectivity index is 1.55. The first-order chi connectivity index (χ1) is 29.4. The Bertz CT molecular complexity index is 3700. The van der Waals surface area contributed by atoms with Crippen LogP contribution < -0.4 is 0 Å². The van der Waals surface area contributed by atoms with E-state index in [4.69, 9.17) is 19.5 Å². The molecule has 9 aromatic carbocycles. The second-order valence-electron chi connectivity index (χ2n) is 10.7. The Kier molecular flexibility index (Phi) is 2.76. The standard InChI is InChI=1S/C44H26O/c1-2-13-29-26-41-39(25-28(29)12-1)44-38(21-10-22-40(44)45-41)43-36-17-7-5-15-34(36)42(35-16-6-8-18-37(35)43)33-20-9-19-31-30-14-4-3-11-27(30)23-24-32(31)33/h1-26H/i3D,4D,5D,6D,7D,8D,9D,11D,14D,15D,16D,17D,18D,19D,20D,23D,24D. The van der Waals surface area contributed by atoms with Crippen molar-refractivity contribution in [2.45, 2.75) is 0 Å². The molecule has 0 amide bonds. The monoisotopic (exact) mass is 587 g/mol. The molecule has 10 rings (SSSR count). The van der Waals surface area contributed by atoms with Gasteiger partial charge >= 0.3 is 0 Å². The van der Waals surface area contributed by atoms with Crippen LogP contribution in [0.15, 0.2) is 162 Å². The largest absolute Gasteiger partial charge is 0.456 e. The van der Waals surface area contributed by atoms with E-state index in [1.54, 1.807) is 18.2 Å². The molecule has 0 aliphatic carbocycles. The first-order valence-corrected chi connectivity index (χ1v) is 14.1. The molecule has 0 aliphatic rings. The van der Waals surface area contributed by atoms with Gasteiger partial charge in [0, 0.05) is 10.8 Å². The number of fused-ring (bicyclic) bond motifs is 9. The zero-order valence-electron chi connectivity index (χ0n) is 40.1. The Morgan fingerprint density at radius 1 is 0.378 bits per heavy atom. The first-order valence-electron chi connectivity index (χ1n) is 22.6. The van der Waals surface area contributed by atoms with Gasteiger partial charge < -0.3 is 4.42 Å². The van der Waals surface area contributed by atoms with E-state index in [1.807, 2.05) is 36.4 Å². The molecule has 0 bridgehead atoms. The van der Waals surface area contributed by atoms with E-state index in [-0.39, 0.29) is 32.7 Å². The van der Waals surface area contributed by atoms with Gasteiger partial charge in [0.25, 0.3) is 0 Å². The minimum atomic E-state index is -0.813. The molecule has 10 aromatic rings. The fraction of sp³-hybridized carbons (Fsp3) is 0. The van der Waals surface area contributed by atoms with E-state index in [9.17, 15) is 8.22 Å². The molecule has 1 nitrogen and oxygen atoms in total. The summed E-state index contributed by atoms with van der Waals surface area (Å²) in [6.07, 6.45) is 0. The first kappa shape index (κ1) is 13.4. The maximum atomic E-state index is 9.51. The van der Waals surface area contributed by atoms with Crippen molar-refractivity contribution in [2.75, 3.05) is 0 Å². The van der Waals surface area contributed by atoms with Crippen LogP contribution in [0, 0.1) is 0 Å². The van der Waals surface area contributed by atoms with Crippen molar-refractivity contribution < 1.29 is 27.7 Å². The topological polar surface area (TPSA) is 13.1 Å². The van der Waals surface area contributed by atoms with E-state index in [1.165, 1.54) is 0 Å². The molecule has 0 saturated heterocycles. The van der Waals surface area contributed by atoms with Crippen molar-refractivity contribution in [3.63, 3.8) is 0 Å². The second-order valence-corrected chi connectivity index (χ2v) is 10.7. The molecule has 1 heterocycles. The van der Waals surface area contributed by atoms with E-state index >= 15 is 0 Å². The van der Waals surface area contributed by atoms with Crippen LogP contribution in [-0.2, 0) is 0 Å². The lowest BCUT2D eigenvalue weighted by Crippen LogP contribution is -1.92. The lowest BCUT2D eigenvalue weighted by Gasteiger charge is -2.19. The van der Waals surface area contributed by atoms with Crippen LogP contribution in [0.1, 0.15) is 23.3 Å². The fourth-order valence-corrected chi connectivity index (χ4v) is 6.49. The predicted molar refractivity (Wildman–Crippen MR) is 192 cm³/mol. The van der Waals surface area contributed by atoms with Crippen LogP contribution in [0.25, 0.3) is 98.1 Å². The number of benzene rings is 9. The van der Waals surface area contributed by atoms with Crippen molar-refractivity contribution in [1.82, 2.24) is 0 Å². The molecule has 0 N–H and O–H groups in total. The van der Waals surface area contributed by atoms with E-state index in [2.05, 4.69) is 0 Å². The molecule has 0 unspecified atom stereocenters. The van der Waals surface area contributed by atoms with Gasteiger partial charge in [-0.15, -0.1) is 0 Å². The number of hydrogen-bond acceptors (Lipinski definition) is 1. The quantitative estimate of drug-likeness (QED) is 0.145. The fourth-order valence-electron chi connectivity index (χ4n) is 6.49. The van der Waals surface area contributed by atoms with E-state index in [0.29, 0.717) is 21.9 Å². The summed E-state index contributed by atoms with van der Waals surface area (Å²) in [6, 6.07) is 4.18. The van der Waals surface area contributed by atoms with Crippen molar-refractivity contribution in [2.24, 2.45) is 0 Å². The molecule has 0 aliphatic heterocycles. The van der Waals surface area contributed by atoms with Crippen molar-refractivity contribution >= 4 is 75.8 Å². The lowest BCUT2D eigenvalue weighted by molar-refractivity contribution is 0.669. The summed E-state index contributed by atoms with van der Waals surface area (Å²) < 4.78 is 161. The van der Waals surface area contributed by atoms with Gasteiger partial charge in [-0.2, -0.15) is 0 Å². The van der Waals surface area contributed by atoms with Crippen LogP contribution in [0.4, 0.5) is 0 Å². The number of rotatable bonds is 2. The van der Waals surface area contributed by atoms with Crippen LogP contribution in [-0.4, -0.2) is 0 Å². The predicted octanol–water partition coefficient (Wildman–Crippen LogP) is 12.7. The van der Waals surface area contributed by atoms with Gasteiger partial charge in [0.2, 0.25) is 0 Å². The smallest absolute Gasteiger partial charge is 0.136 e. The van der Waals surface area contributed by atoms with Gasteiger partial charge in [-0.1, -0.05) is 139 Å². The average Bonchev–Trinajstić information content (AvgIpc) is 3.63. The summed E-state index contributed by atoms with van der Waals surface area (Å²) in [5.74, 6) is 0. The van der Waals surface area contributed by atoms with E-state index < -0.39 is 135 Å². The third-order valence-electron chi connectivity index (χ3n) is 8.38. The molecule has 0 fully saturated rings. The molecular weight excluding hydrogens is 544 g/mol. The summed E-state index contributed by atoms with van der Waals surface area (Å²) in [7, 11) is 0. The van der Waals surface area contributed by atoms with Crippen LogP contribution in [0.3, 0.4) is 0 Å². The average molecular weight is 588 g/mol. The Labute approximate surface area is 283 Å². The van der Waals surface area contributed by atoms with Crippen LogP contribution >= 0.6 is 0 Å². The molecule has 45 heavy (non-hydrogen) atoms. The van der Waals surface area contributed by atoms with Crippen molar-refractivity contribution in [3.05, 3.63) is 157 Å². The van der Waals surface area contributed by atoms with Crippen LogP contribution in [0.5, 0.6) is 0 Å². The highest BCUT2D eigenvalue weighted by Gasteiger charge is 2.21. The third kappa shape index (κ3) is 3.50. The normalized spacial score (nSPS) is 17.3. The number of furan rings is 1. The Morgan fingerprint density at radius 3 is 1.73 bits per heavy atom. The summed E-state index contributed by atoms with van der Waals surface area (Å²) in [5, 5.41) is -0.0793. The van der Waals surface area contributed by atoms with Gasteiger partial charge in [0.05, 0.1) is 23.3 Å². The number of hydrogen-bond donors (Lipinski definition) is 0. The highest BCUT2D eigenvalue weighted by atomic mass is 16.3. The van der Waals surface area contributed by atoms with Gasteiger partial charge in [-0.05, 0) is 94.3 Å². The molecule has 208 valence electrons. The molecule has 0 saturated carbocycles.